The van der Waals surface area contributed by atoms with Gasteiger partial charge >= 0.3 is 59.1 Å². The maximum atomic E-state index is 17.3. The Kier molecular flexibility index (Phi) is 8.66. The predicted octanol–water partition coefficient (Wildman–Crippen LogP) is -4.72. The third-order valence-corrected chi connectivity index (χ3v) is 9.85. The Labute approximate surface area is 259 Å². The average Bonchev–Trinajstić information content (AvgIpc) is 3.14. The summed E-state index contributed by atoms with van der Waals surface area (Å²) < 4.78 is 45.0. The Morgan fingerprint density at radius 3 is 2.51 bits per heavy atom. The molecule has 0 aromatic rings. The number of phosphoric acid groups is 1. The number of aliphatic hydroxyl groups excluding tert-OH is 1. The van der Waals surface area contributed by atoms with Gasteiger partial charge in [-0.3, -0.25) is 9.59 Å². The van der Waals surface area contributed by atoms with Crippen molar-refractivity contribution >= 4 is 19.4 Å². The second-order valence-corrected chi connectivity index (χ2v) is 12.6. The fourth-order valence-corrected chi connectivity index (χ4v) is 8.33. The number of rotatable bonds is 4. The quantitative estimate of drug-likeness (QED) is 0.266. The van der Waals surface area contributed by atoms with E-state index in [9.17, 15) is 29.0 Å². The van der Waals surface area contributed by atoms with Crippen molar-refractivity contribution in [1.82, 2.24) is 0 Å². The molecule has 13 heteroatoms. The zero-order valence-electron chi connectivity index (χ0n) is 22.1. The molecule has 37 heavy (non-hydrogen) atoms. The zero-order chi connectivity index (χ0) is 25.8. The average molecular weight is 558 g/mol. The molecule has 4 aliphatic carbocycles. The third-order valence-electron chi connectivity index (χ3n) is 9.40. The molecule has 194 valence electrons. The van der Waals surface area contributed by atoms with Gasteiger partial charge in [0.05, 0.1) is 20.0 Å². The SMILES string of the molecule is CC1(C)O[C@H]2CC3C4CCC5=CC(=O)C=C[C@]5(C)C4(F)[C@@H](O)C[C@]3(C)[C@]2(C(=O)COP(=O)([O-])[O-])O1.[Na+].[Na+]. The fourth-order valence-electron chi connectivity index (χ4n) is 8.05. The standard InChI is InChI=1S/C24H32FO9P.2Na/c1-20(2)33-19-10-16-15-6-5-13-9-14(26)7-8-21(13,3)23(15,25)17(27)11-22(16,4)24(19,34-20)18(28)12-32-35(29,30)31;;/h7-9,15-17,19,27H,5-6,10-12H2,1-4H3,(H2,29,30,31);;/q;2*+1/p-2/t15?,16?,17-,19-,21-,22-,23?,24+;;/m0../s1. The van der Waals surface area contributed by atoms with E-state index in [0.717, 1.165) is 0 Å². The van der Waals surface area contributed by atoms with Crippen molar-refractivity contribution in [3.63, 3.8) is 0 Å². The van der Waals surface area contributed by atoms with Crippen LogP contribution < -0.4 is 68.9 Å². The first kappa shape index (κ1) is 32.3. The van der Waals surface area contributed by atoms with Crippen LogP contribution in [0.25, 0.3) is 0 Å². The molecule has 9 nitrogen and oxygen atoms in total. The minimum absolute atomic E-state index is 0. The molecule has 0 bridgehead atoms. The summed E-state index contributed by atoms with van der Waals surface area (Å²) in [6, 6.07) is 0. The molecule has 1 heterocycles. The molecule has 1 aliphatic heterocycles. The van der Waals surface area contributed by atoms with Gasteiger partial charge in [0, 0.05) is 16.7 Å². The normalized spacial score (nSPS) is 45.4. The summed E-state index contributed by atoms with van der Waals surface area (Å²) in [6.45, 7) is 5.64. The topological polar surface area (TPSA) is 145 Å². The number of halogens is 1. The zero-order valence-corrected chi connectivity index (χ0v) is 27.0. The molecule has 8 atom stereocenters. The molecule has 3 unspecified atom stereocenters. The predicted molar refractivity (Wildman–Crippen MR) is 115 cm³/mol. The van der Waals surface area contributed by atoms with Gasteiger partial charge in [0.25, 0.3) is 0 Å². The largest absolute Gasteiger partial charge is 1.00 e. The summed E-state index contributed by atoms with van der Waals surface area (Å²) in [5.41, 5.74) is -5.52. The molecular weight excluding hydrogens is 528 g/mol. The van der Waals surface area contributed by atoms with E-state index in [1.54, 1.807) is 33.8 Å². The van der Waals surface area contributed by atoms with Crippen molar-refractivity contribution in [2.45, 2.75) is 82.6 Å². The number of aliphatic hydroxyl groups is 1. The second kappa shape index (κ2) is 9.93. The van der Waals surface area contributed by atoms with E-state index in [1.165, 1.54) is 12.2 Å². The molecule has 4 fully saturated rings. The smallest absolute Gasteiger partial charge is 0.790 e. The summed E-state index contributed by atoms with van der Waals surface area (Å²) in [5, 5.41) is 11.4. The Morgan fingerprint density at radius 1 is 1.24 bits per heavy atom. The number of fused-ring (bicyclic) bond motifs is 7. The van der Waals surface area contributed by atoms with Crippen LogP contribution in [0.4, 0.5) is 4.39 Å². The van der Waals surface area contributed by atoms with Crippen LogP contribution >= 0.6 is 7.82 Å². The van der Waals surface area contributed by atoms with Crippen LogP contribution in [0, 0.1) is 22.7 Å². The van der Waals surface area contributed by atoms with Gasteiger partial charge in [-0.1, -0.05) is 18.6 Å². The van der Waals surface area contributed by atoms with Crippen LogP contribution in [0.1, 0.15) is 53.4 Å². The van der Waals surface area contributed by atoms with Crippen LogP contribution in [-0.2, 0) is 28.2 Å². The van der Waals surface area contributed by atoms with Crippen molar-refractivity contribution < 1.29 is 107 Å². The van der Waals surface area contributed by atoms with Crippen molar-refractivity contribution in [2.75, 3.05) is 6.61 Å². The molecule has 0 aromatic heterocycles. The maximum absolute atomic E-state index is 17.3. The van der Waals surface area contributed by atoms with Crippen LogP contribution in [0.15, 0.2) is 23.8 Å². The second-order valence-electron chi connectivity index (χ2n) is 11.5. The summed E-state index contributed by atoms with van der Waals surface area (Å²) >= 11 is 0. The number of Topliss-reactive ketones (excluding diaryl/α,β-unsaturated/α-hetero) is 1. The number of carbonyl (C=O) groups excluding carboxylic acids is 2. The molecule has 0 radical (unpaired) electrons. The van der Waals surface area contributed by atoms with Crippen molar-refractivity contribution in [2.24, 2.45) is 22.7 Å². The van der Waals surface area contributed by atoms with Gasteiger partial charge in [0.15, 0.2) is 28.6 Å². The molecule has 3 saturated carbocycles. The molecule has 1 N–H and O–H groups in total. The van der Waals surface area contributed by atoms with E-state index in [-0.39, 0.29) is 77.7 Å². The maximum Gasteiger partial charge on any atom is 1.00 e. The van der Waals surface area contributed by atoms with Gasteiger partial charge in [0.2, 0.25) is 0 Å². The number of allylic oxidation sites excluding steroid dienone is 4. The Bertz CT molecular complexity index is 1110. The van der Waals surface area contributed by atoms with E-state index < -0.39 is 72.1 Å². The van der Waals surface area contributed by atoms with Crippen molar-refractivity contribution in [1.29, 1.82) is 0 Å². The first-order chi connectivity index (χ1) is 16.0. The number of ketones is 2. The van der Waals surface area contributed by atoms with Crippen LogP contribution in [-0.4, -0.2) is 52.5 Å². The minimum atomic E-state index is -5.44. The van der Waals surface area contributed by atoms with Gasteiger partial charge in [-0.25, -0.2) is 4.39 Å². The van der Waals surface area contributed by atoms with E-state index in [2.05, 4.69) is 4.52 Å². The summed E-state index contributed by atoms with van der Waals surface area (Å²) in [7, 11) is -5.44. The Balaban J connectivity index is 0.00000190. The number of phosphoric ester groups is 1. The van der Waals surface area contributed by atoms with Gasteiger partial charge in [-0.05, 0) is 64.5 Å². The van der Waals surface area contributed by atoms with Gasteiger partial charge < -0.3 is 33.5 Å². The monoisotopic (exact) mass is 558 g/mol. The summed E-state index contributed by atoms with van der Waals surface area (Å²) in [5.74, 6) is -3.35. The van der Waals surface area contributed by atoms with Crippen molar-refractivity contribution in [3.8, 4) is 0 Å². The van der Waals surface area contributed by atoms with Crippen LogP contribution in [0.2, 0.25) is 0 Å². The number of ether oxygens (including phenoxy) is 2. The van der Waals surface area contributed by atoms with Crippen molar-refractivity contribution in [3.05, 3.63) is 23.8 Å². The Morgan fingerprint density at radius 2 is 1.89 bits per heavy atom. The number of carbonyl (C=O) groups is 2. The number of alkyl halides is 1. The van der Waals surface area contributed by atoms with E-state index in [4.69, 9.17) is 9.47 Å². The molecular formula is C24H30FNa2O9P. The van der Waals surface area contributed by atoms with E-state index in [0.29, 0.717) is 18.4 Å². The molecule has 5 rings (SSSR count). The molecule has 0 amide bonds. The first-order valence-corrected chi connectivity index (χ1v) is 13.4. The Hall–Kier alpha value is 0.740. The van der Waals surface area contributed by atoms with Crippen LogP contribution in [0.3, 0.4) is 0 Å². The number of hydrogen-bond acceptors (Lipinski definition) is 9. The van der Waals surface area contributed by atoms with E-state index in [1.807, 2.05) is 0 Å². The van der Waals surface area contributed by atoms with Crippen LogP contribution in [0.5, 0.6) is 0 Å². The third kappa shape index (κ3) is 4.46. The molecule has 5 aliphatic rings. The molecule has 0 aromatic carbocycles. The van der Waals surface area contributed by atoms with Gasteiger partial charge in [-0.2, -0.15) is 0 Å². The summed E-state index contributed by atoms with van der Waals surface area (Å²) in [6.07, 6.45) is 2.86. The van der Waals surface area contributed by atoms with E-state index >= 15 is 4.39 Å². The molecule has 1 saturated heterocycles. The minimum Gasteiger partial charge on any atom is -0.790 e. The first-order valence-electron chi connectivity index (χ1n) is 11.9. The fraction of sp³-hybridized carbons (Fsp3) is 0.750. The number of hydrogen-bond donors (Lipinski definition) is 1. The summed E-state index contributed by atoms with van der Waals surface area (Å²) in [4.78, 5) is 47.8. The molecule has 0 spiro atoms. The van der Waals surface area contributed by atoms with Gasteiger partial charge in [-0.15, -0.1) is 0 Å². The van der Waals surface area contributed by atoms with Gasteiger partial charge in [0.1, 0.15) is 6.61 Å².